The Balaban J connectivity index is 2.18. The Bertz CT molecular complexity index is 665. The van der Waals surface area contributed by atoms with Gasteiger partial charge >= 0.3 is 0 Å². The second-order valence-corrected chi connectivity index (χ2v) is 8.69. The first kappa shape index (κ1) is 17.9. The van der Waals surface area contributed by atoms with E-state index >= 15 is 0 Å². The number of carbonyl (C=O) groups is 1. The molecule has 0 bridgehead atoms. The minimum atomic E-state index is -3.37. The molecule has 1 unspecified atom stereocenters. The summed E-state index contributed by atoms with van der Waals surface area (Å²) in [7, 11) is -1.49. The number of nitrogens with zero attached hydrogens (tertiary/aromatic N) is 1. The van der Waals surface area contributed by atoms with Crippen LogP contribution in [0, 0.1) is 13.8 Å². The van der Waals surface area contributed by atoms with Gasteiger partial charge in [-0.2, -0.15) is 0 Å². The van der Waals surface area contributed by atoms with Crippen LogP contribution < -0.4 is 5.32 Å². The number of hydrogen-bond acceptors (Lipinski definition) is 4. The first-order chi connectivity index (χ1) is 10.8. The molecule has 1 atom stereocenters. The molecule has 1 heterocycles. The van der Waals surface area contributed by atoms with Crippen molar-refractivity contribution in [3.8, 4) is 0 Å². The molecular weight excluding hydrogens is 312 g/mol. The zero-order valence-electron chi connectivity index (χ0n) is 14.3. The van der Waals surface area contributed by atoms with Crippen LogP contribution in [0.5, 0.6) is 0 Å². The van der Waals surface area contributed by atoms with E-state index in [1.807, 2.05) is 33.0 Å². The fourth-order valence-corrected chi connectivity index (χ4v) is 4.67. The van der Waals surface area contributed by atoms with Crippen molar-refractivity contribution in [2.24, 2.45) is 0 Å². The van der Waals surface area contributed by atoms with Gasteiger partial charge in [0.15, 0.2) is 0 Å². The van der Waals surface area contributed by atoms with E-state index in [4.69, 9.17) is 0 Å². The Morgan fingerprint density at radius 3 is 2.17 bits per heavy atom. The van der Waals surface area contributed by atoms with Crippen LogP contribution >= 0.6 is 0 Å². The predicted molar refractivity (Wildman–Crippen MR) is 93.4 cm³/mol. The molecule has 0 aromatic heterocycles. The molecule has 1 fully saturated rings. The van der Waals surface area contributed by atoms with Crippen molar-refractivity contribution in [3.63, 3.8) is 0 Å². The third-order valence-corrected chi connectivity index (χ3v) is 6.89. The molecular formula is C17H26N2O3S. The Kier molecular flexibility index (Phi) is 5.47. The first-order valence-electron chi connectivity index (χ1n) is 8.04. The lowest BCUT2D eigenvalue weighted by atomic mass is 9.98. The summed E-state index contributed by atoms with van der Waals surface area (Å²) in [5, 5.41) is 2.62. The summed E-state index contributed by atoms with van der Waals surface area (Å²) in [6.07, 6.45) is 1.16. The second kappa shape index (κ2) is 7.01. The third-order valence-electron chi connectivity index (χ3n) is 4.62. The summed E-state index contributed by atoms with van der Waals surface area (Å²) in [6, 6.07) is 4.09. The zero-order valence-corrected chi connectivity index (χ0v) is 15.2. The monoisotopic (exact) mass is 338 g/mol. The summed E-state index contributed by atoms with van der Waals surface area (Å²) in [5.41, 5.74) is 4.33. The van der Waals surface area contributed by atoms with Crippen molar-refractivity contribution in [2.75, 3.05) is 25.5 Å². The number of ketones is 1. The molecule has 5 nitrogen and oxygen atoms in total. The van der Waals surface area contributed by atoms with Crippen LogP contribution in [0.2, 0.25) is 0 Å². The van der Waals surface area contributed by atoms with E-state index in [1.165, 1.54) is 4.31 Å². The van der Waals surface area contributed by atoms with Gasteiger partial charge in [-0.15, -0.1) is 0 Å². The highest BCUT2D eigenvalue weighted by atomic mass is 32.2. The first-order valence-corrected chi connectivity index (χ1v) is 9.54. The lowest BCUT2D eigenvalue weighted by Crippen LogP contribution is -2.43. The lowest BCUT2D eigenvalue weighted by Gasteiger charge is -2.29. The smallest absolute Gasteiger partial charge is 0.217 e. The molecule has 0 radical (unpaired) electrons. The summed E-state index contributed by atoms with van der Waals surface area (Å²) in [5.74, 6) is 0.151. The maximum atomic E-state index is 12.7. The van der Waals surface area contributed by atoms with Gasteiger partial charge in [-0.25, -0.2) is 12.7 Å². The van der Waals surface area contributed by atoms with Crippen LogP contribution in [0.15, 0.2) is 12.1 Å². The minimum absolute atomic E-state index is 0.151. The highest BCUT2D eigenvalue weighted by molar-refractivity contribution is 7.89. The molecule has 2 rings (SSSR count). The fraction of sp³-hybridized carbons (Fsp3) is 0.588. The van der Waals surface area contributed by atoms with E-state index in [9.17, 15) is 13.2 Å². The maximum Gasteiger partial charge on any atom is 0.217 e. The molecule has 0 saturated carbocycles. The minimum Gasteiger partial charge on any atom is -0.388 e. The van der Waals surface area contributed by atoms with Crippen LogP contribution in [0.1, 0.15) is 36.5 Å². The lowest BCUT2D eigenvalue weighted by molar-refractivity contribution is -0.120. The maximum absolute atomic E-state index is 12.7. The fourth-order valence-electron chi connectivity index (χ4n) is 3.10. The number of benzene rings is 1. The van der Waals surface area contributed by atoms with E-state index < -0.39 is 15.3 Å². The molecule has 6 heteroatoms. The van der Waals surface area contributed by atoms with Crippen molar-refractivity contribution in [3.05, 3.63) is 28.8 Å². The quantitative estimate of drug-likeness (QED) is 0.894. The molecule has 1 aliphatic rings. The number of Topliss-reactive ketones (excluding diaryl/α,β-unsaturated/α-hetero) is 1. The van der Waals surface area contributed by atoms with Crippen molar-refractivity contribution in [1.82, 2.24) is 4.31 Å². The molecule has 0 spiro atoms. The number of sulfonamides is 1. The Morgan fingerprint density at radius 1 is 1.17 bits per heavy atom. The average Bonchev–Trinajstić information content (AvgIpc) is 2.50. The van der Waals surface area contributed by atoms with Crippen LogP contribution in [0.25, 0.3) is 0 Å². The molecule has 23 heavy (non-hydrogen) atoms. The number of aryl methyl sites for hydroxylation is 2. The molecule has 128 valence electrons. The molecule has 1 aromatic rings. The van der Waals surface area contributed by atoms with Crippen molar-refractivity contribution < 1.29 is 13.2 Å². The van der Waals surface area contributed by atoms with Crippen molar-refractivity contribution in [1.29, 1.82) is 0 Å². The number of carbonyl (C=O) groups excluding carboxylic acids is 1. The summed E-state index contributed by atoms with van der Waals surface area (Å²) >= 11 is 0. The van der Waals surface area contributed by atoms with Crippen LogP contribution in [-0.2, 0) is 21.2 Å². The Labute approximate surface area is 139 Å². The SMILES string of the molecule is CNc1cc(C)c(CC(C)S(=O)(=O)N2CCC(=O)CC2)c(C)c1. The van der Waals surface area contributed by atoms with Gasteiger partial charge in [0, 0.05) is 38.7 Å². The molecule has 1 N–H and O–H groups in total. The largest absolute Gasteiger partial charge is 0.388 e. The van der Waals surface area contributed by atoms with Gasteiger partial charge in [-0.1, -0.05) is 0 Å². The normalized spacial score (nSPS) is 18.0. The average molecular weight is 338 g/mol. The van der Waals surface area contributed by atoms with E-state index in [2.05, 4.69) is 5.32 Å². The number of nitrogens with one attached hydrogen (secondary N) is 1. The molecule has 0 aliphatic carbocycles. The molecule has 1 saturated heterocycles. The third kappa shape index (κ3) is 3.93. The highest BCUT2D eigenvalue weighted by Crippen LogP contribution is 2.24. The van der Waals surface area contributed by atoms with Gasteiger partial charge in [0.25, 0.3) is 0 Å². The highest BCUT2D eigenvalue weighted by Gasteiger charge is 2.32. The number of hydrogen-bond donors (Lipinski definition) is 1. The van der Waals surface area contributed by atoms with Gasteiger partial charge < -0.3 is 5.32 Å². The number of piperidine rings is 1. The zero-order chi connectivity index (χ0) is 17.2. The summed E-state index contributed by atoms with van der Waals surface area (Å²) in [4.78, 5) is 11.3. The van der Waals surface area contributed by atoms with Gasteiger partial charge in [-0.3, -0.25) is 4.79 Å². The van der Waals surface area contributed by atoms with Crippen LogP contribution in [0.4, 0.5) is 5.69 Å². The Morgan fingerprint density at radius 2 is 1.70 bits per heavy atom. The van der Waals surface area contributed by atoms with Crippen LogP contribution in [0.3, 0.4) is 0 Å². The predicted octanol–water partition coefficient (Wildman–Crippen LogP) is 2.27. The van der Waals surface area contributed by atoms with Crippen LogP contribution in [-0.4, -0.2) is 43.9 Å². The standard InChI is InChI=1S/C17H26N2O3S/c1-12-9-15(18-4)10-13(2)17(12)11-14(3)23(21,22)19-7-5-16(20)6-8-19/h9-10,14,18H,5-8,11H2,1-4H3. The van der Waals surface area contributed by atoms with E-state index in [0.29, 0.717) is 32.4 Å². The van der Waals surface area contributed by atoms with Gasteiger partial charge in [0.05, 0.1) is 5.25 Å². The van der Waals surface area contributed by atoms with E-state index in [0.717, 1.165) is 22.4 Å². The summed E-state index contributed by atoms with van der Waals surface area (Å²) in [6.45, 7) is 6.44. The topological polar surface area (TPSA) is 66.5 Å². The van der Waals surface area contributed by atoms with Gasteiger partial charge in [0.1, 0.15) is 5.78 Å². The number of rotatable bonds is 5. The van der Waals surface area contributed by atoms with Gasteiger partial charge in [0.2, 0.25) is 10.0 Å². The van der Waals surface area contributed by atoms with Gasteiger partial charge in [-0.05, 0) is 56.0 Å². The Hall–Kier alpha value is -1.40. The summed E-state index contributed by atoms with van der Waals surface area (Å²) < 4.78 is 27.0. The van der Waals surface area contributed by atoms with E-state index in [1.54, 1.807) is 6.92 Å². The molecule has 0 amide bonds. The second-order valence-electron chi connectivity index (χ2n) is 6.34. The number of anilines is 1. The molecule has 1 aromatic carbocycles. The molecule has 1 aliphatic heterocycles. The van der Waals surface area contributed by atoms with E-state index in [-0.39, 0.29) is 5.78 Å². The van der Waals surface area contributed by atoms with Crippen molar-refractivity contribution in [2.45, 2.75) is 45.3 Å². The van der Waals surface area contributed by atoms with Crippen molar-refractivity contribution >= 4 is 21.5 Å².